The Labute approximate surface area is 149 Å². The van der Waals surface area contributed by atoms with Crippen LogP contribution >= 0.6 is 22.6 Å². The topological polar surface area (TPSA) is 64.9 Å². The lowest BCUT2D eigenvalue weighted by Crippen LogP contribution is -2.15. The Morgan fingerprint density at radius 1 is 1.13 bits per heavy atom. The third-order valence-electron chi connectivity index (χ3n) is 3.32. The highest BCUT2D eigenvalue weighted by Gasteiger charge is 2.10. The van der Waals surface area contributed by atoms with Crippen LogP contribution in [0, 0.1) is 28.7 Å². The molecule has 0 fully saturated rings. The van der Waals surface area contributed by atoms with Gasteiger partial charge in [-0.15, -0.1) is 0 Å². The third-order valence-corrected chi connectivity index (χ3v) is 3.99. The molecule has 0 atom stereocenters. The molecule has 0 aliphatic rings. The van der Waals surface area contributed by atoms with Gasteiger partial charge >= 0.3 is 0 Å². The molecule has 2 aromatic carbocycles. The van der Waals surface area contributed by atoms with E-state index in [4.69, 9.17) is 0 Å². The molecule has 4 nitrogen and oxygen atoms in total. The van der Waals surface area contributed by atoms with E-state index in [1.807, 2.05) is 56.3 Å². The summed E-state index contributed by atoms with van der Waals surface area (Å²) in [5.74, 6) is -0.433. The molecule has 116 valence electrons. The number of halogens is 1. The Hall–Kier alpha value is -2.33. The molecular formula is C18H16IN3O. The van der Waals surface area contributed by atoms with E-state index in [-0.39, 0.29) is 5.57 Å². The van der Waals surface area contributed by atoms with Gasteiger partial charge in [0.05, 0.1) is 0 Å². The molecule has 0 aromatic heterocycles. The van der Waals surface area contributed by atoms with Crippen LogP contribution in [0.25, 0.3) is 0 Å². The summed E-state index contributed by atoms with van der Waals surface area (Å²) in [4.78, 5) is 12.2. The zero-order valence-electron chi connectivity index (χ0n) is 12.9. The molecule has 0 radical (unpaired) electrons. The van der Waals surface area contributed by atoms with Gasteiger partial charge in [0.1, 0.15) is 11.6 Å². The van der Waals surface area contributed by atoms with Crippen molar-refractivity contribution in [2.24, 2.45) is 0 Å². The average Bonchev–Trinajstić information content (AvgIpc) is 2.52. The normalized spacial score (nSPS) is 10.8. The lowest BCUT2D eigenvalue weighted by Gasteiger charge is -2.09. The molecule has 2 aromatic rings. The Morgan fingerprint density at radius 2 is 1.87 bits per heavy atom. The minimum absolute atomic E-state index is 0.0196. The quantitative estimate of drug-likeness (QED) is 0.441. The summed E-state index contributed by atoms with van der Waals surface area (Å²) >= 11 is 2.24. The number of nitriles is 1. The summed E-state index contributed by atoms with van der Waals surface area (Å²) < 4.78 is 1.13. The van der Waals surface area contributed by atoms with Crippen LogP contribution in [-0.2, 0) is 4.79 Å². The number of anilines is 2. The molecule has 2 N–H and O–H groups in total. The number of para-hydroxylation sites is 1. The lowest BCUT2D eigenvalue weighted by molar-refractivity contribution is -0.112. The van der Waals surface area contributed by atoms with Crippen molar-refractivity contribution in [1.29, 1.82) is 5.26 Å². The van der Waals surface area contributed by atoms with Gasteiger partial charge in [0.2, 0.25) is 0 Å². The van der Waals surface area contributed by atoms with Gasteiger partial charge in [0, 0.05) is 21.1 Å². The number of hydrogen-bond acceptors (Lipinski definition) is 3. The van der Waals surface area contributed by atoms with E-state index in [0.717, 1.165) is 20.4 Å². The van der Waals surface area contributed by atoms with Gasteiger partial charge in [0.15, 0.2) is 0 Å². The zero-order valence-corrected chi connectivity index (χ0v) is 15.0. The first-order valence-electron chi connectivity index (χ1n) is 7.01. The van der Waals surface area contributed by atoms with Crippen LogP contribution in [0.1, 0.15) is 11.1 Å². The van der Waals surface area contributed by atoms with E-state index in [1.165, 1.54) is 6.20 Å². The minimum Gasteiger partial charge on any atom is -0.360 e. The van der Waals surface area contributed by atoms with Crippen LogP contribution in [0.4, 0.5) is 11.4 Å². The molecule has 0 saturated heterocycles. The van der Waals surface area contributed by atoms with Gasteiger partial charge < -0.3 is 10.6 Å². The van der Waals surface area contributed by atoms with Gasteiger partial charge in [-0.1, -0.05) is 18.2 Å². The van der Waals surface area contributed by atoms with Gasteiger partial charge in [-0.3, -0.25) is 4.79 Å². The van der Waals surface area contributed by atoms with Crippen LogP contribution in [0.5, 0.6) is 0 Å². The fraction of sp³-hybridized carbons (Fsp3) is 0.111. The second kappa shape index (κ2) is 7.79. The fourth-order valence-corrected chi connectivity index (χ4v) is 2.64. The fourth-order valence-electron chi connectivity index (χ4n) is 1.99. The van der Waals surface area contributed by atoms with Crippen LogP contribution in [0.3, 0.4) is 0 Å². The number of aryl methyl sites for hydroxylation is 2. The van der Waals surface area contributed by atoms with Crippen molar-refractivity contribution in [3.63, 3.8) is 0 Å². The number of carbonyl (C=O) groups excluding carboxylic acids is 1. The maximum atomic E-state index is 12.2. The summed E-state index contributed by atoms with van der Waals surface area (Å²) in [6.45, 7) is 3.87. The van der Waals surface area contributed by atoms with Crippen molar-refractivity contribution in [2.45, 2.75) is 13.8 Å². The third kappa shape index (κ3) is 4.57. The summed E-state index contributed by atoms with van der Waals surface area (Å²) in [7, 11) is 0. The highest BCUT2D eigenvalue weighted by Crippen LogP contribution is 2.18. The maximum Gasteiger partial charge on any atom is 0.267 e. The van der Waals surface area contributed by atoms with E-state index in [9.17, 15) is 10.1 Å². The molecule has 0 aliphatic carbocycles. The van der Waals surface area contributed by atoms with Crippen molar-refractivity contribution < 1.29 is 4.79 Å². The minimum atomic E-state index is -0.433. The first-order chi connectivity index (χ1) is 11.0. The predicted octanol–water partition coefficient (Wildman–Crippen LogP) is 4.37. The summed E-state index contributed by atoms with van der Waals surface area (Å²) in [5, 5.41) is 15.0. The Kier molecular flexibility index (Phi) is 5.77. The van der Waals surface area contributed by atoms with Crippen molar-refractivity contribution in [3.05, 3.63) is 68.9 Å². The lowest BCUT2D eigenvalue weighted by atomic mass is 10.2. The second-order valence-corrected chi connectivity index (χ2v) is 6.29. The number of hydrogen-bond donors (Lipinski definition) is 2. The van der Waals surface area contributed by atoms with E-state index >= 15 is 0 Å². The second-order valence-electron chi connectivity index (χ2n) is 5.04. The van der Waals surface area contributed by atoms with Crippen LogP contribution in [0.15, 0.2) is 54.2 Å². The highest BCUT2D eigenvalue weighted by atomic mass is 127. The van der Waals surface area contributed by atoms with E-state index in [2.05, 4.69) is 33.2 Å². The standard InChI is InChI=1S/C18H16IN3O/c1-12-5-3-4-6-17(12)22-18(23)14(10-20)11-21-16-8-7-15(19)9-13(16)2/h3-9,11,21H,1-2H3,(H,22,23)/b14-11-. The smallest absolute Gasteiger partial charge is 0.267 e. The number of nitrogens with one attached hydrogen (secondary N) is 2. The summed E-state index contributed by atoms with van der Waals surface area (Å²) in [6, 6.07) is 15.3. The van der Waals surface area contributed by atoms with Crippen LogP contribution in [0.2, 0.25) is 0 Å². The van der Waals surface area contributed by atoms with E-state index < -0.39 is 5.91 Å². The Morgan fingerprint density at radius 3 is 2.52 bits per heavy atom. The molecule has 1 amide bonds. The first kappa shape index (κ1) is 17.0. The van der Waals surface area contributed by atoms with Gasteiger partial charge in [-0.25, -0.2) is 0 Å². The predicted molar refractivity (Wildman–Crippen MR) is 101 cm³/mol. The molecule has 0 unspecified atom stereocenters. The monoisotopic (exact) mass is 417 g/mol. The van der Waals surface area contributed by atoms with E-state index in [0.29, 0.717) is 5.69 Å². The average molecular weight is 417 g/mol. The van der Waals surface area contributed by atoms with Crippen molar-refractivity contribution in [1.82, 2.24) is 0 Å². The van der Waals surface area contributed by atoms with Crippen LogP contribution in [-0.4, -0.2) is 5.91 Å². The number of rotatable bonds is 4. The molecule has 2 rings (SSSR count). The van der Waals surface area contributed by atoms with Gasteiger partial charge in [-0.2, -0.15) is 5.26 Å². The van der Waals surface area contributed by atoms with Crippen molar-refractivity contribution in [3.8, 4) is 6.07 Å². The Bertz CT molecular complexity index is 806. The van der Waals surface area contributed by atoms with Crippen molar-refractivity contribution in [2.75, 3.05) is 10.6 Å². The van der Waals surface area contributed by atoms with Gasteiger partial charge in [-0.05, 0) is 71.8 Å². The van der Waals surface area contributed by atoms with Crippen molar-refractivity contribution >= 4 is 39.9 Å². The maximum absolute atomic E-state index is 12.2. The number of benzene rings is 2. The molecule has 0 aliphatic heterocycles. The van der Waals surface area contributed by atoms with Crippen LogP contribution < -0.4 is 10.6 Å². The highest BCUT2D eigenvalue weighted by molar-refractivity contribution is 14.1. The number of carbonyl (C=O) groups is 1. The van der Waals surface area contributed by atoms with Gasteiger partial charge in [0.25, 0.3) is 5.91 Å². The molecule has 5 heteroatoms. The molecule has 23 heavy (non-hydrogen) atoms. The zero-order chi connectivity index (χ0) is 16.8. The number of amides is 1. The summed E-state index contributed by atoms with van der Waals surface area (Å²) in [5.41, 5.74) is 3.57. The summed E-state index contributed by atoms with van der Waals surface area (Å²) in [6.07, 6.45) is 1.43. The molecule has 0 saturated carbocycles. The molecular weight excluding hydrogens is 401 g/mol. The molecule has 0 bridgehead atoms. The number of nitrogens with zero attached hydrogens (tertiary/aromatic N) is 1. The first-order valence-corrected chi connectivity index (χ1v) is 8.09. The SMILES string of the molecule is Cc1cc(I)ccc1N/C=C(/C#N)C(=O)Nc1ccccc1C. The van der Waals surface area contributed by atoms with E-state index in [1.54, 1.807) is 6.07 Å². The molecule has 0 spiro atoms. The molecule has 0 heterocycles. The Balaban J connectivity index is 2.14. The largest absolute Gasteiger partial charge is 0.360 e.